The number of carbonyl (C=O) groups excluding carboxylic acids is 2. The largest absolute Gasteiger partial charge is 0.417 e. The predicted octanol–water partition coefficient (Wildman–Crippen LogP) is 3.33. The molecule has 1 saturated carbocycles. The summed E-state index contributed by atoms with van der Waals surface area (Å²) in [4.78, 5) is 26.9. The molecule has 0 unspecified atom stereocenters. The van der Waals surface area contributed by atoms with Crippen LogP contribution in [-0.2, 0) is 21.0 Å². The van der Waals surface area contributed by atoms with Crippen LogP contribution in [0.1, 0.15) is 60.6 Å². The minimum atomic E-state index is -4.69. The Hall–Kier alpha value is -3.07. The third kappa shape index (κ3) is 6.93. The number of likely N-dealkylation sites (tertiary alicyclic amines) is 1. The number of nitrogens with one attached hydrogen (secondary N) is 1. The van der Waals surface area contributed by atoms with Crippen LogP contribution in [0.2, 0.25) is 0 Å². The van der Waals surface area contributed by atoms with Gasteiger partial charge in [-0.2, -0.15) is 18.3 Å². The maximum atomic E-state index is 13.9. The van der Waals surface area contributed by atoms with Crippen molar-refractivity contribution in [1.29, 1.82) is 0 Å². The molecule has 214 valence electrons. The van der Waals surface area contributed by atoms with E-state index in [1.807, 2.05) is 0 Å². The Labute approximate surface area is 221 Å². The Morgan fingerprint density at radius 2 is 1.82 bits per heavy atom. The molecule has 15 heteroatoms. The third-order valence-corrected chi connectivity index (χ3v) is 7.65. The number of primary sulfonamides is 1. The van der Waals surface area contributed by atoms with Gasteiger partial charge in [0.2, 0.25) is 15.9 Å². The smallest absolute Gasteiger partial charge is 0.338 e. The van der Waals surface area contributed by atoms with Gasteiger partial charge in [-0.1, -0.05) is 31.0 Å². The Bertz CT molecular complexity index is 1340. The van der Waals surface area contributed by atoms with Crippen LogP contribution in [0, 0.1) is 0 Å². The van der Waals surface area contributed by atoms with Crippen LogP contribution in [-0.4, -0.2) is 65.7 Å². The molecule has 4 rings (SSSR count). The van der Waals surface area contributed by atoms with Crippen molar-refractivity contribution >= 4 is 21.8 Å². The standard InChI is InChI=1S/C24H28F5N5O4S/c25-23(26)10-5-11-33(14-23)22(36)19(13-39(30,37)38)31-21(35)18-12-20(34(32-18)15-6-1-2-7-15)16-8-3-4-9-17(16)24(27,28)29/h3-4,8-9,12,15,19H,1-2,5-7,10-11,13-14H2,(H,31,35)(H2,30,37,38)/t19-/m1/s1. The van der Waals surface area contributed by atoms with E-state index in [0.29, 0.717) is 12.8 Å². The number of hydrogen-bond acceptors (Lipinski definition) is 5. The van der Waals surface area contributed by atoms with Crippen LogP contribution in [0.15, 0.2) is 30.3 Å². The van der Waals surface area contributed by atoms with Crippen molar-refractivity contribution in [1.82, 2.24) is 20.0 Å². The first-order chi connectivity index (χ1) is 18.1. The van der Waals surface area contributed by atoms with Crippen molar-refractivity contribution in [2.45, 2.75) is 62.7 Å². The summed E-state index contributed by atoms with van der Waals surface area (Å²) in [5.74, 6) is -6.35. The minimum absolute atomic E-state index is 0.0252. The molecule has 2 amide bonds. The molecule has 2 heterocycles. The van der Waals surface area contributed by atoms with Crippen molar-refractivity contribution in [3.05, 3.63) is 41.6 Å². The number of nitrogens with two attached hydrogens (primary N) is 1. The van der Waals surface area contributed by atoms with Gasteiger partial charge in [-0.15, -0.1) is 0 Å². The molecule has 1 saturated heterocycles. The van der Waals surface area contributed by atoms with E-state index in [4.69, 9.17) is 5.14 Å². The number of nitrogens with zero attached hydrogens (tertiary/aromatic N) is 3. The number of alkyl halides is 5. The van der Waals surface area contributed by atoms with Gasteiger partial charge in [-0.3, -0.25) is 14.3 Å². The molecule has 0 bridgehead atoms. The van der Waals surface area contributed by atoms with E-state index in [1.54, 1.807) is 0 Å². The van der Waals surface area contributed by atoms with E-state index < -0.39 is 64.3 Å². The highest BCUT2D eigenvalue weighted by molar-refractivity contribution is 7.89. The zero-order chi connectivity index (χ0) is 28.6. The summed E-state index contributed by atoms with van der Waals surface area (Å²) in [6.07, 6.45) is -2.27. The van der Waals surface area contributed by atoms with E-state index in [0.717, 1.165) is 29.9 Å². The van der Waals surface area contributed by atoms with Crippen LogP contribution in [0.25, 0.3) is 11.3 Å². The van der Waals surface area contributed by atoms with Crippen LogP contribution >= 0.6 is 0 Å². The van der Waals surface area contributed by atoms with Crippen molar-refractivity contribution < 1.29 is 40.0 Å². The number of sulfonamides is 1. The summed E-state index contributed by atoms with van der Waals surface area (Å²) >= 11 is 0. The second-order valence-electron chi connectivity index (χ2n) is 9.92. The summed E-state index contributed by atoms with van der Waals surface area (Å²) in [6, 6.07) is 3.90. The van der Waals surface area contributed by atoms with Gasteiger partial charge in [0.05, 0.1) is 29.6 Å². The van der Waals surface area contributed by atoms with Gasteiger partial charge in [0, 0.05) is 18.5 Å². The molecule has 0 radical (unpaired) electrons. The van der Waals surface area contributed by atoms with Crippen molar-refractivity contribution in [2.24, 2.45) is 5.14 Å². The van der Waals surface area contributed by atoms with Gasteiger partial charge in [-0.05, 0) is 31.4 Å². The van der Waals surface area contributed by atoms with Gasteiger partial charge in [0.25, 0.3) is 11.8 Å². The average Bonchev–Trinajstić information content (AvgIpc) is 3.51. The molecule has 3 N–H and O–H groups in total. The van der Waals surface area contributed by atoms with Gasteiger partial charge in [-0.25, -0.2) is 22.3 Å². The molecule has 1 aromatic carbocycles. The minimum Gasteiger partial charge on any atom is -0.338 e. The normalized spacial score (nSPS) is 19.2. The zero-order valence-corrected chi connectivity index (χ0v) is 21.6. The van der Waals surface area contributed by atoms with E-state index in [-0.39, 0.29) is 36.0 Å². The summed E-state index contributed by atoms with van der Waals surface area (Å²) in [7, 11) is -4.34. The fourth-order valence-electron chi connectivity index (χ4n) is 5.10. The van der Waals surface area contributed by atoms with Crippen LogP contribution in [0.3, 0.4) is 0 Å². The number of amides is 2. The quantitative estimate of drug-likeness (QED) is 0.488. The molecule has 2 fully saturated rings. The highest BCUT2D eigenvalue weighted by atomic mass is 32.2. The molecular weight excluding hydrogens is 549 g/mol. The predicted molar refractivity (Wildman–Crippen MR) is 130 cm³/mol. The molecule has 2 aromatic rings. The summed E-state index contributed by atoms with van der Waals surface area (Å²) in [5.41, 5.74) is -1.45. The van der Waals surface area contributed by atoms with Crippen molar-refractivity contribution in [2.75, 3.05) is 18.8 Å². The number of halogens is 5. The molecule has 2 aliphatic rings. The van der Waals surface area contributed by atoms with Crippen LogP contribution in [0.5, 0.6) is 0 Å². The Morgan fingerprint density at radius 1 is 1.15 bits per heavy atom. The first-order valence-electron chi connectivity index (χ1n) is 12.4. The van der Waals surface area contributed by atoms with Gasteiger partial charge >= 0.3 is 6.18 Å². The fourth-order valence-corrected chi connectivity index (χ4v) is 5.79. The number of aromatic nitrogens is 2. The number of hydrogen-bond donors (Lipinski definition) is 2. The molecule has 1 atom stereocenters. The Kier molecular flexibility index (Phi) is 8.03. The topological polar surface area (TPSA) is 127 Å². The van der Waals surface area contributed by atoms with Gasteiger partial charge in [0.1, 0.15) is 6.04 Å². The molecule has 1 aliphatic carbocycles. The lowest BCUT2D eigenvalue weighted by molar-refractivity contribution is -0.143. The maximum Gasteiger partial charge on any atom is 0.417 e. The summed E-state index contributed by atoms with van der Waals surface area (Å²) < 4.78 is 94.1. The molecule has 9 nitrogen and oxygen atoms in total. The van der Waals surface area contributed by atoms with E-state index >= 15 is 0 Å². The lowest BCUT2D eigenvalue weighted by Crippen LogP contribution is -2.56. The van der Waals surface area contributed by atoms with Crippen molar-refractivity contribution in [3.8, 4) is 11.3 Å². The maximum absolute atomic E-state index is 13.9. The monoisotopic (exact) mass is 577 g/mol. The van der Waals surface area contributed by atoms with E-state index in [2.05, 4.69) is 10.4 Å². The number of carbonyl (C=O) groups is 2. The first kappa shape index (κ1) is 28.9. The highest BCUT2D eigenvalue weighted by Crippen LogP contribution is 2.40. The van der Waals surface area contributed by atoms with E-state index in [1.165, 1.54) is 22.9 Å². The Balaban J connectivity index is 1.68. The van der Waals surface area contributed by atoms with Crippen molar-refractivity contribution in [3.63, 3.8) is 0 Å². The van der Waals surface area contributed by atoms with Gasteiger partial charge < -0.3 is 10.2 Å². The van der Waals surface area contributed by atoms with Crippen LogP contribution < -0.4 is 10.5 Å². The average molecular weight is 578 g/mol. The fraction of sp³-hybridized carbons (Fsp3) is 0.542. The lowest BCUT2D eigenvalue weighted by Gasteiger charge is -2.34. The number of rotatable bonds is 7. The second kappa shape index (κ2) is 10.8. The lowest BCUT2D eigenvalue weighted by atomic mass is 10.0. The molecule has 1 aliphatic heterocycles. The summed E-state index contributed by atoms with van der Waals surface area (Å²) in [5, 5.41) is 11.5. The number of piperidine rings is 1. The molecule has 0 spiro atoms. The van der Waals surface area contributed by atoms with E-state index in [9.17, 15) is 40.0 Å². The Morgan fingerprint density at radius 3 is 2.44 bits per heavy atom. The SMILES string of the molecule is NS(=O)(=O)C[C@@H](NC(=O)c1cc(-c2ccccc2C(F)(F)F)n(C2CCCC2)n1)C(=O)N1CCCC(F)(F)C1. The first-order valence-corrected chi connectivity index (χ1v) is 14.1. The zero-order valence-electron chi connectivity index (χ0n) is 20.8. The third-order valence-electron chi connectivity index (χ3n) is 6.85. The number of benzene rings is 1. The summed E-state index contributed by atoms with van der Waals surface area (Å²) in [6.45, 7) is -1.02. The van der Waals surface area contributed by atoms with Crippen LogP contribution in [0.4, 0.5) is 22.0 Å². The van der Waals surface area contributed by atoms with Gasteiger partial charge in [0.15, 0.2) is 5.69 Å². The highest BCUT2D eigenvalue weighted by Gasteiger charge is 2.40. The second-order valence-corrected chi connectivity index (χ2v) is 11.6. The molecule has 39 heavy (non-hydrogen) atoms. The molecular formula is C24H28F5N5O4S. The molecule has 1 aromatic heterocycles.